The highest BCUT2D eigenvalue weighted by atomic mass is 16.5. The largest absolute Gasteiger partial charge is 0.489 e. The Morgan fingerprint density at radius 1 is 1.40 bits per heavy atom. The molecule has 0 bridgehead atoms. The van der Waals surface area contributed by atoms with Crippen molar-refractivity contribution in [3.63, 3.8) is 0 Å². The molecule has 0 saturated carbocycles. The molecule has 0 fully saturated rings. The minimum atomic E-state index is -0.665. The third-order valence-corrected chi connectivity index (χ3v) is 3.16. The molecule has 7 nitrogen and oxygen atoms in total. The molecule has 20 heavy (non-hydrogen) atoms. The summed E-state index contributed by atoms with van der Waals surface area (Å²) < 4.78 is 11.0. The molecule has 0 aliphatic carbocycles. The van der Waals surface area contributed by atoms with E-state index in [-0.39, 0.29) is 12.5 Å². The molecular formula is C13H14N4O3. The summed E-state index contributed by atoms with van der Waals surface area (Å²) in [6.45, 7) is 1.87. The molecule has 2 N–H and O–H groups in total. The lowest BCUT2D eigenvalue weighted by Gasteiger charge is -2.17. The predicted octanol–water partition coefficient (Wildman–Crippen LogP) is 0.728. The molecule has 7 heteroatoms. The molecule has 0 radical (unpaired) electrons. The van der Waals surface area contributed by atoms with Crippen LogP contribution in [0.5, 0.6) is 5.75 Å². The molecule has 3 rings (SSSR count). The van der Waals surface area contributed by atoms with Crippen LogP contribution in [0.3, 0.4) is 0 Å². The van der Waals surface area contributed by atoms with Gasteiger partial charge in [-0.2, -0.15) is 0 Å². The maximum atomic E-state index is 11.9. The van der Waals surface area contributed by atoms with Crippen molar-refractivity contribution < 1.29 is 13.9 Å². The summed E-state index contributed by atoms with van der Waals surface area (Å²) in [6, 6.07) is 4.68. The molecule has 0 spiro atoms. The summed E-state index contributed by atoms with van der Waals surface area (Å²) in [6.07, 6.45) is 0. The fraction of sp³-hybridized carbons (Fsp3) is 0.308. The summed E-state index contributed by atoms with van der Waals surface area (Å²) in [7, 11) is 1.67. The van der Waals surface area contributed by atoms with Gasteiger partial charge in [0.1, 0.15) is 18.4 Å². The van der Waals surface area contributed by atoms with Crippen molar-refractivity contribution in [2.75, 3.05) is 18.6 Å². The first-order valence-corrected chi connectivity index (χ1v) is 6.17. The molecule has 0 saturated heterocycles. The third-order valence-electron chi connectivity index (χ3n) is 3.16. The molecule has 2 aromatic rings. The fourth-order valence-electron chi connectivity index (χ4n) is 2.07. The van der Waals surface area contributed by atoms with Crippen LogP contribution in [0.4, 0.5) is 5.69 Å². The Labute approximate surface area is 115 Å². The Bertz CT molecular complexity index is 667. The average Bonchev–Trinajstić information content (AvgIpc) is 2.85. The van der Waals surface area contributed by atoms with E-state index < -0.39 is 6.04 Å². The van der Waals surface area contributed by atoms with E-state index in [0.29, 0.717) is 23.2 Å². The molecule has 1 aromatic heterocycles. The normalized spacial score (nSPS) is 18.4. The van der Waals surface area contributed by atoms with Gasteiger partial charge in [0.15, 0.2) is 0 Å². The van der Waals surface area contributed by atoms with Gasteiger partial charge in [0.05, 0.1) is 5.69 Å². The van der Waals surface area contributed by atoms with E-state index in [1.807, 2.05) is 0 Å². The first kappa shape index (κ1) is 12.6. The lowest BCUT2D eigenvalue weighted by atomic mass is 10.1. The first-order chi connectivity index (χ1) is 9.56. The van der Waals surface area contributed by atoms with Gasteiger partial charge >= 0.3 is 0 Å². The quantitative estimate of drug-likeness (QED) is 0.823. The molecule has 1 amide bonds. The van der Waals surface area contributed by atoms with Gasteiger partial charge in [0, 0.05) is 19.5 Å². The van der Waals surface area contributed by atoms with Crippen molar-refractivity contribution in [2.24, 2.45) is 5.73 Å². The smallest absolute Gasteiger partial charge is 0.247 e. The van der Waals surface area contributed by atoms with Gasteiger partial charge in [-0.25, -0.2) is 0 Å². The zero-order chi connectivity index (χ0) is 14.3. The Morgan fingerprint density at radius 2 is 2.20 bits per heavy atom. The Kier molecular flexibility index (Phi) is 2.90. The van der Waals surface area contributed by atoms with Crippen molar-refractivity contribution in [1.82, 2.24) is 10.2 Å². The van der Waals surface area contributed by atoms with Crippen molar-refractivity contribution in [2.45, 2.75) is 13.0 Å². The number of rotatable bonds is 1. The molecule has 104 valence electrons. The monoisotopic (exact) mass is 274 g/mol. The number of likely N-dealkylation sites (N-methyl/N-ethyl adjacent to an activating group) is 1. The van der Waals surface area contributed by atoms with Crippen LogP contribution < -0.4 is 15.4 Å². The average molecular weight is 274 g/mol. The number of benzene rings is 1. The van der Waals surface area contributed by atoms with E-state index >= 15 is 0 Å². The van der Waals surface area contributed by atoms with E-state index in [9.17, 15) is 4.79 Å². The number of carbonyl (C=O) groups excluding carboxylic acids is 1. The minimum Gasteiger partial charge on any atom is -0.489 e. The number of aromatic nitrogens is 2. The van der Waals surface area contributed by atoms with Crippen LogP contribution >= 0.6 is 0 Å². The molecule has 1 aliphatic rings. The van der Waals surface area contributed by atoms with Crippen LogP contribution in [0, 0.1) is 6.92 Å². The second kappa shape index (κ2) is 4.61. The number of hydrogen-bond donors (Lipinski definition) is 1. The highest BCUT2D eigenvalue weighted by Gasteiger charge is 2.26. The number of carbonyl (C=O) groups is 1. The summed E-state index contributed by atoms with van der Waals surface area (Å²) in [5.41, 5.74) is 7.15. The van der Waals surface area contributed by atoms with E-state index in [0.717, 1.165) is 5.56 Å². The molecule has 1 aliphatic heterocycles. The molecular weight excluding hydrogens is 260 g/mol. The maximum absolute atomic E-state index is 11.9. The summed E-state index contributed by atoms with van der Waals surface area (Å²) in [4.78, 5) is 13.4. The minimum absolute atomic E-state index is 0.141. The highest BCUT2D eigenvalue weighted by molar-refractivity contribution is 5.98. The number of hydrogen-bond acceptors (Lipinski definition) is 6. The van der Waals surface area contributed by atoms with Gasteiger partial charge < -0.3 is 19.8 Å². The number of nitrogens with two attached hydrogens (primary N) is 1. The van der Waals surface area contributed by atoms with Gasteiger partial charge in [-0.1, -0.05) is 0 Å². The lowest BCUT2D eigenvalue weighted by Crippen LogP contribution is -2.43. The van der Waals surface area contributed by atoms with Crippen molar-refractivity contribution in [3.05, 3.63) is 24.1 Å². The summed E-state index contributed by atoms with van der Waals surface area (Å²) >= 11 is 0. The predicted molar refractivity (Wildman–Crippen MR) is 71.4 cm³/mol. The summed E-state index contributed by atoms with van der Waals surface area (Å²) in [5, 5.41) is 7.75. The zero-order valence-electron chi connectivity index (χ0n) is 11.2. The first-order valence-electron chi connectivity index (χ1n) is 6.17. The second-order valence-electron chi connectivity index (χ2n) is 4.62. The van der Waals surface area contributed by atoms with Gasteiger partial charge in [0.2, 0.25) is 17.7 Å². The van der Waals surface area contributed by atoms with Gasteiger partial charge in [0.25, 0.3) is 0 Å². The van der Waals surface area contributed by atoms with E-state index in [4.69, 9.17) is 14.9 Å². The van der Waals surface area contributed by atoms with Gasteiger partial charge in [-0.15, -0.1) is 10.2 Å². The summed E-state index contributed by atoms with van der Waals surface area (Å²) in [5.74, 6) is 1.30. The second-order valence-corrected chi connectivity index (χ2v) is 4.62. The van der Waals surface area contributed by atoms with Crippen molar-refractivity contribution >= 4 is 11.6 Å². The molecule has 1 atom stereocenters. The van der Waals surface area contributed by atoms with Crippen LogP contribution in [0.1, 0.15) is 5.89 Å². The number of fused-ring (bicyclic) bond motifs is 1. The topological polar surface area (TPSA) is 94.5 Å². The lowest BCUT2D eigenvalue weighted by molar-refractivity contribution is -0.119. The van der Waals surface area contributed by atoms with E-state index in [1.54, 1.807) is 32.2 Å². The maximum Gasteiger partial charge on any atom is 0.247 e. The number of ether oxygens (including phenoxy) is 1. The van der Waals surface area contributed by atoms with Crippen molar-refractivity contribution in [1.29, 1.82) is 0 Å². The van der Waals surface area contributed by atoms with Crippen LogP contribution in [0.2, 0.25) is 0 Å². The van der Waals surface area contributed by atoms with Crippen molar-refractivity contribution in [3.8, 4) is 17.2 Å². The molecule has 1 unspecified atom stereocenters. The molecule has 1 aromatic carbocycles. The zero-order valence-corrected chi connectivity index (χ0v) is 11.2. The van der Waals surface area contributed by atoms with Gasteiger partial charge in [-0.3, -0.25) is 4.79 Å². The third kappa shape index (κ3) is 2.01. The van der Waals surface area contributed by atoms with Gasteiger partial charge in [-0.05, 0) is 18.2 Å². The highest BCUT2D eigenvalue weighted by Crippen LogP contribution is 2.34. The molecule has 2 heterocycles. The SMILES string of the molecule is Cc1nnc(-c2ccc3c(c2)OCC(N)C(=O)N3C)o1. The number of anilines is 1. The number of aryl methyl sites for hydroxylation is 1. The Hall–Kier alpha value is -2.41. The Balaban J connectivity index is 2.03. The fourth-order valence-corrected chi connectivity index (χ4v) is 2.07. The number of amides is 1. The standard InChI is InChI=1S/C13H14N4O3/c1-7-15-16-12(20-7)8-3-4-10-11(5-8)19-6-9(14)13(18)17(10)2/h3-5,9H,6,14H2,1-2H3. The van der Waals surface area contributed by atoms with E-state index in [2.05, 4.69) is 10.2 Å². The van der Waals surface area contributed by atoms with Crippen LogP contribution in [-0.2, 0) is 4.79 Å². The van der Waals surface area contributed by atoms with E-state index in [1.165, 1.54) is 4.90 Å². The Morgan fingerprint density at radius 3 is 2.90 bits per heavy atom. The van der Waals surface area contributed by atoms with Crippen LogP contribution in [0.15, 0.2) is 22.6 Å². The van der Waals surface area contributed by atoms with Crippen LogP contribution in [-0.4, -0.2) is 35.8 Å². The number of nitrogens with zero attached hydrogens (tertiary/aromatic N) is 3. The van der Waals surface area contributed by atoms with Crippen LogP contribution in [0.25, 0.3) is 11.5 Å².